The molecule has 2 saturated carbocycles. The number of ether oxygens (including phenoxy) is 1. The van der Waals surface area contributed by atoms with E-state index in [1.807, 2.05) is 24.9 Å². The number of aromatic amines is 1. The number of carboxylic acids is 1. The Morgan fingerprint density at radius 1 is 1.04 bits per heavy atom. The van der Waals surface area contributed by atoms with Crippen molar-refractivity contribution >= 4 is 28.6 Å². The van der Waals surface area contributed by atoms with Crippen LogP contribution in [-0.4, -0.2) is 80.9 Å². The number of aromatic nitrogens is 6. The molecule has 0 radical (unpaired) electrons. The summed E-state index contributed by atoms with van der Waals surface area (Å²) >= 11 is 0. The van der Waals surface area contributed by atoms with Gasteiger partial charge in [-0.3, -0.25) is 9.78 Å². The molecular weight excluding hydrogens is 637 g/mol. The van der Waals surface area contributed by atoms with E-state index in [-0.39, 0.29) is 28.5 Å². The number of carboxylic acid groups (broad SMARTS) is 1. The fraction of sp³-hybridized carbons (Fsp3) is 0.543. The number of aliphatic carboxylic acids is 1. The van der Waals surface area contributed by atoms with Crippen LogP contribution in [0.25, 0.3) is 33.9 Å². The lowest BCUT2D eigenvalue weighted by atomic mass is 9.86. The van der Waals surface area contributed by atoms with Crippen LogP contribution in [0.1, 0.15) is 75.5 Å². The van der Waals surface area contributed by atoms with E-state index in [1.54, 1.807) is 12.4 Å². The molecule has 49 heavy (non-hydrogen) atoms. The van der Waals surface area contributed by atoms with Gasteiger partial charge in [-0.2, -0.15) is 13.2 Å². The molecule has 1 saturated heterocycles. The fourth-order valence-corrected chi connectivity index (χ4v) is 7.41. The molecule has 0 spiro atoms. The number of hydrogen-bond acceptors (Lipinski definition) is 9. The number of nitrogens with zero attached hydrogens (tertiary/aromatic N) is 7. The topological polar surface area (TPSA) is 133 Å². The van der Waals surface area contributed by atoms with Crippen molar-refractivity contribution in [3.63, 3.8) is 0 Å². The van der Waals surface area contributed by atoms with Crippen LogP contribution in [-0.2, 0) is 15.7 Å². The normalized spacial score (nSPS) is 18.3. The molecule has 5 heterocycles. The molecule has 2 aliphatic carbocycles. The Morgan fingerprint density at radius 3 is 2.43 bits per heavy atom. The molecule has 0 unspecified atom stereocenters. The molecule has 3 aliphatic rings. The molecule has 0 aromatic carbocycles. The lowest BCUT2D eigenvalue weighted by Gasteiger charge is -2.34. The van der Waals surface area contributed by atoms with Gasteiger partial charge in [0.15, 0.2) is 11.5 Å². The van der Waals surface area contributed by atoms with Crippen LogP contribution in [0.2, 0.25) is 0 Å². The molecule has 14 heteroatoms. The molecule has 11 nitrogen and oxygen atoms in total. The Morgan fingerprint density at radius 2 is 1.80 bits per heavy atom. The number of nitrogens with one attached hydrogen (secondary N) is 1. The number of alkyl halides is 3. The summed E-state index contributed by atoms with van der Waals surface area (Å²) in [7, 11) is 1.99. The molecule has 4 aromatic heterocycles. The molecule has 7 rings (SSSR count). The highest BCUT2D eigenvalue weighted by atomic mass is 19.4. The first kappa shape index (κ1) is 33.2. The monoisotopic (exact) mass is 678 g/mol. The van der Waals surface area contributed by atoms with Crippen molar-refractivity contribution in [2.24, 2.45) is 11.3 Å². The van der Waals surface area contributed by atoms with Gasteiger partial charge in [-0.15, -0.1) is 0 Å². The molecule has 0 atom stereocenters. The second-order valence-corrected chi connectivity index (χ2v) is 13.8. The number of piperidine rings is 1. The number of imidazole rings is 1. The number of anilines is 2. The van der Waals surface area contributed by atoms with E-state index >= 15 is 0 Å². The highest BCUT2D eigenvalue weighted by Crippen LogP contribution is 2.46. The number of halogens is 3. The predicted octanol–water partition coefficient (Wildman–Crippen LogP) is 6.71. The maximum absolute atomic E-state index is 14.2. The summed E-state index contributed by atoms with van der Waals surface area (Å²) < 4.78 is 48.6. The Bertz CT molecular complexity index is 1810. The van der Waals surface area contributed by atoms with Crippen LogP contribution < -0.4 is 9.80 Å². The molecule has 0 amide bonds. The summed E-state index contributed by atoms with van der Waals surface area (Å²) in [6.07, 6.45) is 7.04. The van der Waals surface area contributed by atoms with Gasteiger partial charge in [-0.05, 0) is 57.6 Å². The van der Waals surface area contributed by atoms with Crippen molar-refractivity contribution in [1.82, 2.24) is 29.9 Å². The van der Waals surface area contributed by atoms with Crippen LogP contribution in [0.15, 0.2) is 30.7 Å². The number of pyridine rings is 2. The third kappa shape index (κ3) is 6.92. The number of fused-ring (bicyclic) bond motifs is 1. The second-order valence-electron chi connectivity index (χ2n) is 13.8. The third-order valence-corrected chi connectivity index (χ3v) is 10.2. The molecule has 4 aromatic rings. The average Bonchev–Trinajstić information content (AvgIpc) is 3.69. The molecule has 3 fully saturated rings. The largest absolute Gasteiger partial charge is 0.481 e. The first-order chi connectivity index (χ1) is 23.5. The van der Waals surface area contributed by atoms with Crippen LogP contribution in [0, 0.1) is 11.3 Å². The van der Waals surface area contributed by atoms with Crippen LogP contribution in [0.5, 0.6) is 0 Å². The molecule has 2 N–H and O–H groups in total. The van der Waals surface area contributed by atoms with E-state index in [9.17, 15) is 23.1 Å². The lowest BCUT2D eigenvalue weighted by molar-refractivity contribution is -0.142. The summed E-state index contributed by atoms with van der Waals surface area (Å²) in [6, 6.07) is 2.99. The number of H-pyrrole nitrogens is 1. The molecule has 260 valence electrons. The minimum atomic E-state index is -4.53. The van der Waals surface area contributed by atoms with Gasteiger partial charge in [0, 0.05) is 56.4 Å². The zero-order chi connectivity index (χ0) is 34.3. The second kappa shape index (κ2) is 13.2. The predicted molar refractivity (Wildman–Crippen MR) is 178 cm³/mol. The van der Waals surface area contributed by atoms with E-state index in [0.29, 0.717) is 92.7 Å². The molecule has 1 aliphatic heterocycles. The van der Waals surface area contributed by atoms with Crippen molar-refractivity contribution in [2.75, 3.05) is 49.7 Å². The standard InChI is InChI=1S/C35H41F3N8O3/c1-3-49-20-34(10-4-5-11-34)19-45(2)27-15-25(23-14-24(35(36,37)38)29(41-16-23)21-6-7-21)42-32-30(27)43-31(44-32)26-17-40-28(18-39-26)46-12-8-22(9-13-46)33(47)48/h14-18,21-22H,3-13,19-20H2,1-2H3,(H,47,48)(H,42,43,44). The Labute approximate surface area is 282 Å². The summed E-state index contributed by atoms with van der Waals surface area (Å²) in [5.41, 5.74) is 2.21. The van der Waals surface area contributed by atoms with Crippen molar-refractivity contribution in [2.45, 2.75) is 70.4 Å². The van der Waals surface area contributed by atoms with E-state index in [2.05, 4.69) is 24.8 Å². The quantitative estimate of drug-likeness (QED) is 0.176. The van der Waals surface area contributed by atoms with Gasteiger partial charge in [0.05, 0.1) is 47.6 Å². The minimum absolute atomic E-state index is 0.0411. The Hall–Kier alpha value is -4.33. The van der Waals surface area contributed by atoms with E-state index < -0.39 is 17.7 Å². The number of carbonyl (C=O) groups is 1. The third-order valence-electron chi connectivity index (χ3n) is 10.2. The van der Waals surface area contributed by atoms with Crippen molar-refractivity contribution in [1.29, 1.82) is 0 Å². The van der Waals surface area contributed by atoms with Crippen molar-refractivity contribution < 1.29 is 27.8 Å². The highest BCUT2D eigenvalue weighted by molar-refractivity contribution is 5.91. The summed E-state index contributed by atoms with van der Waals surface area (Å²) in [6.45, 7) is 5.11. The van der Waals surface area contributed by atoms with E-state index in [4.69, 9.17) is 14.7 Å². The number of hydrogen-bond donors (Lipinski definition) is 2. The fourth-order valence-electron chi connectivity index (χ4n) is 7.41. The van der Waals surface area contributed by atoms with Crippen LogP contribution >= 0.6 is 0 Å². The minimum Gasteiger partial charge on any atom is -0.481 e. The molecular formula is C35H41F3N8O3. The highest BCUT2D eigenvalue weighted by Gasteiger charge is 2.40. The number of rotatable bonds is 11. The van der Waals surface area contributed by atoms with E-state index in [1.165, 1.54) is 12.3 Å². The van der Waals surface area contributed by atoms with Crippen LogP contribution in [0.4, 0.5) is 24.7 Å². The summed E-state index contributed by atoms with van der Waals surface area (Å²) in [4.78, 5) is 41.9. The van der Waals surface area contributed by atoms with Gasteiger partial charge in [0.2, 0.25) is 0 Å². The van der Waals surface area contributed by atoms with Gasteiger partial charge in [-0.25, -0.2) is 19.9 Å². The summed E-state index contributed by atoms with van der Waals surface area (Å²) in [5.74, 6) is -0.191. The maximum Gasteiger partial charge on any atom is 0.418 e. The van der Waals surface area contributed by atoms with Gasteiger partial charge in [0.1, 0.15) is 17.0 Å². The van der Waals surface area contributed by atoms with Gasteiger partial charge in [-0.1, -0.05) is 12.8 Å². The van der Waals surface area contributed by atoms with Crippen molar-refractivity contribution in [3.05, 3.63) is 42.0 Å². The average molecular weight is 679 g/mol. The van der Waals surface area contributed by atoms with Gasteiger partial charge < -0.3 is 24.6 Å². The van der Waals surface area contributed by atoms with Gasteiger partial charge >= 0.3 is 12.1 Å². The smallest absolute Gasteiger partial charge is 0.418 e. The summed E-state index contributed by atoms with van der Waals surface area (Å²) in [5, 5.41) is 9.33. The van der Waals surface area contributed by atoms with Crippen LogP contribution in [0.3, 0.4) is 0 Å². The Kier molecular flexibility index (Phi) is 8.92. The SMILES string of the molecule is CCOCC1(CN(C)c2cc(-c3cnc(C4CC4)c(C(F)(F)F)c3)nc3nc(-c4cnc(N5CCC(C(=O)O)CC5)cn4)[nH]c23)CCCC1. The zero-order valence-electron chi connectivity index (χ0n) is 27.8. The zero-order valence-corrected chi connectivity index (χ0v) is 27.8. The Balaban J connectivity index is 1.25. The van der Waals surface area contributed by atoms with Gasteiger partial charge in [0.25, 0.3) is 0 Å². The van der Waals surface area contributed by atoms with E-state index in [0.717, 1.165) is 31.4 Å². The van der Waals surface area contributed by atoms with Crippen molar-refractivity contribution in [3.8, 4) is 22.8 Å². The lowest BCUT2D eigenvalue weighted by Crippen LogP contribution is -2.37. The first-order valence-corrected chi connectivity index (χ1v) is 17.1. The first-order valence-electron chi connectivity index (χ1n) is 17.1. The molecule has 0 bridgehead atoms. The maximum atomic E-state index is 14.2.